The quantitative estimate of drug-likeness (QED) is 0.244. The van der Waals surface area contributed by atoms with E-state index in [4.69, 9.17) is 16.6 Å². The van der Waals surface area contributed by atoms with Gasteiger partial charge >= 0.3 is 0 Å². The highest BCUT2D eigenvalue weighted by atomic mass is 16.1. The van der Waals surface area contributed by atoms with Gasteiger partial charge in [-0.1, -0.05) is 78.9 Å². The van der Waals surface area contributed by atoms with E-state index in [2.05, 4.69) is 63.2 Å². The minimum Gasteiger partial charge on any atom is -0.368 e. The minimum absolute atomic E-state index is 0.168. The summed E-state index contributed by atoms with van der Waals surface area (Å²) >= 11 is 0. The first-order valence-electron chi connectivity index (χ1n) is 13.0. The highest BCUT2D eigenvalue weighted by Gasteiger charge is 2.33. The number of rotatable bonds is 11. The molecule has 0 bridgehead atoms. The van der Waals surface area contributed by atoms with E-state index in [-0.39, 0.29) is 5.92 Å². The van der Waals surface area contributed by atoms with Gasteiger partial charge in [-0.3, -0.25) is 4.79 Å². The van der Waals surface area contributed by atoms with Crippen LogP contribution >= 0.6 is 0 Å². The van der Waals surface area contributed by atoms with E-state index in [1.165, 1.54) is 5.56 Å². The molecule has 5 aromatic rings. The second kappa shape index (κ2) is 11.0. The fraction of sp³-hybridized carbons (Fsp3) is 0.258. The first kappa shape index (κ1) is 25.4. The molecule has 0 fully saturated rings. The van der Waals surface area contributed by atoms with Crippen molar-refractivity contribution in [1.82, 2.24) is 19.7 Å². The Hall–Kier alpha value is -4.23. The number of benzene rings is 3. The van der Waals surface area contributed by atoms with Gasteiger partial charge in [0.25, 0.3) is 0 Å². The maximum absolute atomic E-state index is 12.3. The van der Waals surface area contributed by atoms with E-state index in [1.54, 1.807) is 6.92 Å². The van der Waals surface area contributed by atoms with Gasteiger partial charge in [0.1, 0.15) is 11.6 Å². The first-order chi connectivity index (χ1) is 18.4. The third-order valence-electron chi connectivity index (χ3n) is 7.26. The molecule has 5 N–H and O–H groups in total. The van der Waals surface area contributed by atoms with Crippen LogP contribution in [0.1, 0.15) is 47.6 Å². The molecule has 1 amide bonds. The lowest BCUT2D eigenvalue weighted by Gasteiger charge is -2.27. The first-order valence-corrected chi connectivity index (χ1v) is 13.0. The number of primary amides is 1. The summed E-state index contributed by atoms with van der Waals surface area (Å²) in [7, 11) is 0. The second-order valence-electron chi connectivity index (χ2n) is 10.3. The molecule has 0 spiro atoms. The number of aromatic nitrogens is 4. The van der Waals surface area contributed by atoms with E-state index in [9.17, 15) is 4.79 Å². The van der Waals surface area contributed by atoms with Crippen molar-refractivity contribution < 1.29 is 4.79 Å². The van der Waals surface area contributed by atoms with Crippen molar-refractivity contribution >= 4 is 16.8 Å². The fourth-order valence-corrected chi connectivity index (χ4v) is 5.11. The summed E-state index contributed by atoms with van der Waals surface area (Å²) in [5.41, 5.74) is 15.6. The lowest BCUT2D eigenvalue weighted by Crippen LogP contribution is -2.50. The molecule has 0 aliphatic rings. The van der Waals surface area contributed by atoms with Gasteiger partial charge in [-0.25, -0.2) is 0 Å². The number of carbonyl (C=O) groups excluding carboxylic acids is 1. The average molecular weight is 507 g/mol. The summed E-state index contributed by atoms with van der Waals surface area (Å²) in [6.07, 6.45) is 4.64. The molecule has 0 aliphatic heterocycles. The van der Waals surface area contributed by atoms with Gasteiger partial charge in [0.15, 0.2) is 0 Å². The molecule has 3 aromatic carbocycles. The van der Waals surface area contributed by atoms with Crippen molar-refractivity contribution in [3.63, 3.8) is 0 Å². The zero-order valence-electron chi connectivity index (χ0n) is 21.7. The largest absolute Gasteiger partial charge is 0.368 e. The van der Waals surface area contributed by atoms with Crippen molar-refractivity contribution in [1.29, 1.82) is 0 Å². The van der Waals surface area contributed by atoms with Gasteiger partial charge in [-0.05, 0) is 48.9 Å². The Kier molecular flexibility index (Phi) is 7.38. The number of carbonyl (C=O) groups is 1. The zero-order chi connectivity index (χ0) is 26.5. The Bertz CT molecular complexity index is 1500. The molecule has 7 nitrogen and oxygen atoms in total. The number of nitrogens with zero attached hydrogens (tertiary/aromatic N) is 3. The fourth-order valence-electron chi connectivity index (χ4n) is 5.11. The topological polar surface area (TPSA) is 116 Å². The number of hydrogen-bond donors (Lipinski definition) is 3. The van der Waals surface area contributed by atoms with E-state index in [1.807, 2.05) is 42.6 Å². The predicted molar refractivity (Wildman–Crippen MR) is 151 cm³/mol. The molecular formula is C31H34N6O. The maximum Gasteiger partial charge on any atom is 0.237 e. The summed E-state index contributed by atoms with van der Waals surface area (Å²) in [6.45, 7) is 2.33. The standard InChI is InChI=1S/C31H34N6O/c1-31(33,30(32)38)19-24(18-25-20-34-27-15-9-8-14-26(25)27)29-36-35-28(17-16-22-10-4-2-5-11-22)37(29)21-23-12-6-3-7-13-23/h2-15,20,24,34H,16-19,21,33H2,1H3,(H2,32,38)/t24-,31?/m1/s1. The number of aromatic amines is 1. The van der Waals surface area contributed by atoms with Gasteiger partial charge < -0.3 is 21.0 Å². The van der Waals surface area contributed by atoms with E-state index in [0.29, 0.717) is 19.4 Å². The van der Waals surface area contributed by atoms with Crippen LogP contribution in [0.15, 0.2) is 91.1 Å². The Morgan fingerprint density at radius 2 is 1.58 bits per heavy atom. The van der Waals surface area contributed by atoms with Crippen LogP contribution in [0.25, 0.3) is 10.9 Å². The summed E-state index contributed by atoms with van der Waals surface area (Å²) < 4.78 is 2.20. The zero-order valence-corrected chi connectivity index (χ0v) is 21.7. The number of nitrogens with two attached hydrogens (primary N) is 2. The number of nitrogens with one attached hydrogen (secondary N) is 1. The minimum atomic E-state index is -1.19. The van der Waals surface area contributed by atoms with Gasteiger partial charge in [0, 0.05) is 29.4 Å². The number of amides is 1. The number of H-pyrrole nitrogens is 1. The SMILES string of the molecule is CC(N)(C[C@@H](Cc1c[nH]c2ccccc12)c1nnc(CCc2ccccc2)n1Cc1ccccc1)C(N)=O. The number of aryl methyl sites for hydroxylation is 2. The maximum atomic E-state index is 12.3. The third kappa shape index (κ3) is 5.68. The second-order valence-corrected chi connectivity index (χ2v) is 10.3. The third-order valence-corrected chi connectivity index (χ3v) is 7.26. The van der Waals surface area contributed by atoms with Crippen LogP contribution in [0.5, 0.6) is 0 Å². The average Bonchev–Trinajstić information content (AvgIpc) is 3.52. The Morgan fingerprint density at radius 3 is 2.29 bits per heavy atom. The van der Waals surface area contributed by atoms with Crippen LogP contribution in [-0.2, 0) is 30.6 Å². The lowest BCUT2D eigenvalue weighted by atomic mass is 9.84. The molecule has 38 heavy (non-hydrogen) atoms. The molecule has 2 heterocycles. The van der Waals surface area contributed by atoms with Crippen LogP contribution in [0.3, 0.4) is 0 Å². The number of hydrogen-bond acceptors (Lipinski definition) is 4. The molecule has 0 aliphatic carbocycles. The van der Waals surface area contributed by atoms with E-state index >= 15 is 0 Å². The van der Waals surface area contributed by atoms with Crippen LogP contribution in [0.2, 0.25) is 0 Å². The molecule has 7 heteroatoms. The molecule has 2 atom stereocenters. The highest BCUT2D eigenvalue weighted by Crippen LogP contribution is 2.31. The van der Waals surface area contributed by atoms with Gasteiger partial charge in [-0.2, -0.15) is 0 Å². The molecule has 0 saturated carbocycles. The van der Waals surface area contributed by atoms with Crippen LogP contribution in [0.4, 0.5) is 0 Å². The summed E-state index contributed by atoms with van der Waals surface area (Å²) in [5.74, 6) is 1.03. The van der Waals surface area contributed by atoms with Crippen LogP contribution in [0, 0.1) is 0 Å². The molecule has 1 unspecified atom stereocenters. The Morgan fingerprint density at radius 1 is 0.921 bits per heavy atom. The van der Waals surface area contributed by atoms with Crippen molar-refractivity contribution in [2.24, 2.45) is 11.5 Å². The van der Waals surface area contributed by atoms with E-state index < -0.39 is 11.4 Å². The Balaban J connectivity index is 1.54. The summed E-state index contributed by atoms with van der Waals surface area (Å²) in [4.78, 5) is 15.7. The van der Waals surface area contributed by atoms with Gasteiger partial charge in [0.05, 0.1) is 12.1 Å². The highest BCUT2D eigenvalue weighted by molar-refractivity contribution is 5.84. The predicted octanol–water partition coefficient (Wildman–Crippen LogP) is 4.51. The molecule has 5 rings (SSSR count). The van der Waals surface area contributed by atoms with Crippen molar-refractivity contribution in [2.45, 2.75) is 50.6 Å². The van der Waals surface area contributed by atoms with Crippen molar-refractivity contribution in [3.05, 3.63) is 119 Å². The molecule has 194 valence electrons. The van der Waals surface area contributed by atoms with E-state index in [0.717, 1.165) is 46.5 Å². The van der Waals surface area contributed by atoms with Crippen molar-refractivity contribution in [3.8, 4) is 0 Å². The van der Waals surface area contributed by atoms with Crippen LogP contribution < -0.4 is 11.5 Å². The molecular weight excluding hydrogens is 472 g/mol. The number of para-hydroxylation sites is 1. The molecule has 0 radical (unpaired) electrons. The number of fused-ring (bicyclic) bond motifs is 1. The monoisotopic (exact) mass is 506 g/mol. The summed E-state index contributed by atoms with van der Waals surface area (Å²) in [5, 5.41) is 10.5. The molecule has 2 aromatic heterocycles. The van der Waals surface area contributed by atoms with Crippen LogP contribution in [-0.4, -0.2) is 31.2 Å². The molecule has 0 saturated heterocycles. The van der Waals surface area contributed by atoms with Crippen molar-refractivity contribution in [2.75, 3.05) is 0 Å². The summed E-state index contributed by atoms with van der Waals surface area (Å²) in [6, 6.07) is 28.9. The normalized spacial score (nSPS) is 13.8. The van der Waals surface area contributed by atoms with Gasteiger partial charge in [0.2, 0.25) is 5.91 Å². The smallest absolute Gasteiger partial charge is 0.237 e. The Labute approximate surface area is 222 Å². The van der Waals surface area contributed by atoms with Gasteiger partial charge in [-0.15, -0.1) is 10.2 Å². The lowest BCUT2D eigenvalue weighted by molar-refractivity contribution is -0.122.